The highest BCUT2D eigenvalue weighted by molar-refractivity contribution is 5.80. The zero-order valence-corrected chi connectivity index (χ0v) is 16.4. The predicted octanol–water partition coefficient (Wildman–Crippen LogP) is 4.49. The van der Waals surface area contributed by atoms with Gasteiger partial charge in [0.1, 0.15) is 12.4 Å². The van der Waals surface area contributed by atoms with E-state index in [1.807, 2.05) is 36.4 Å². The van der Waals surface area contributed by atoms with Crippen molar-refractivity contribution in [1.29, 1.82) is 0 Å². The largest absolute Gasteiger partial charge is 0.508 e. The van der Waals surface area contributed by atoms with E-state index in [1.54, 1.807) is 19.1 Å². The van der Waals surface area contributed by atoms with Crippen molar-refractivity contribution in [3.63, 3.8) is 0 Å². The number of carbonyl (C=O) groups is 2. The molecule has 1 aliphatic rings. The molecule has 0 saturated carbocycles. The average Bonchev–Trinajstić information content (AvgIpc) is 3.10. The number of hydrogen-bond acceptors (Lipinski definition) is 5. The van der Waals surface area contributed by atoms with Crippen LogP contribution in [0.4, 0.5) is 4.79 Å². The van der Waals surface area contributed by atoms with Gasteiger partial charge in [0.2, 0.25) is 0 Å². The minimum absolute atomic E-state index is 0.0743. The first-order chi connectivity index (χ1) is 14.5. The summed E-state index contributed by atoms with van der Waals surface area (Å²) in [5, 5.41) is 9.33. The molecule has 1 aliphatic carbocycles. The first-order valence-electron chi connectivity index (χ1n) is 9.65. The van der Waals surface area contributed by atoms with Gasteiger partial charge in [0, 0.05) is 5.92 Å². The number of hydroxylamine groups is 1. The van der Waals surface area contributed by atoms with Gasteiger partial charge in [-0.2, -0.15) is 0 Å². The summed E-state index contributed by atoms with van der Waals surface area (Å²) in [5.74, 6) is -1.21. The maximum absolute atomic E-state index is 12.2. The van der Waals surface area contributed by atoms with E-state index < -0.39 is 18.0 Å². The fraction of sp³-hybridized carbons (Fsp3) is 0.167. The number of carbonyl (C=O) groups excluding carboxylic acids is 2. The first-order valence-corrected chi connectivity index (χ1v) is 9.65. The average molecular weight is 403 g/mol. The van der Waals surface area contributed by atoms with Crippen molar-refractivity contribution in [2.24, 2.45) is 0 Å². The molecule has 1 atom stereocenters. The van der Waals surface area contributed by atoms with Crippen LogP contribution in [0.3, 0.4) is 0 Å². The summed E-state index contributed by atoms with van der Waals surface area (Å²) in [6.45, 7) is 1.78. The second kappa shape index (κ2) is 8.29. The van der Waals surface area contributed by atoms with Crippen molar-refractivity contribution in [3.8, 4) is 16.9 Å². The third-order valence-corrected chi connectivity index (χ3v) is 5.33. The normalized spacial score (nSPS) is 13.1. The van der Waals surface area contributed by atoms with Crippen LogP contribution in [0, 0.1) is 0 Å². The highest BCUT2D eigenvalue weighted by atomic mass is 16.7. The molecule has 6 heteroatoms. The Kier molecular flexibility index (Phi) is 5.39. The Morgan fingerprint density at radius 3 is 2.10 bits per heavy atom. The molecule has 0 heterocycles. The van der Waals surface area contributed by atoms with Crippen molar-refractivity contribution >= 4 is 12.1 Å². The molecule has 6 nitrogen and oxygen atoms in total. The van der Waals surface area contributed by atoms with Gasteiger partial charge in [0.15, 0.2) is 0 Å². The van der Waals surface area contributed by atoms with Gasteiger partial charge in [0.25, 0.3) is 0 Å². The molecule has 1 amide bonds. The topological polar surface area (TPSA) is 84.9 Å². The van der Waals surface area contributed by atoms with Crippen LogP contribution < -0.4 is 5.48 Å². The van der Waals surface area contributed by atoms with Gasteiger partial charge in [-0.15, -0.1) is 5.48 Å². The molecule has 0 aromatic heterocycles. The summed E-state index contributed by atoms with van der Waals surface area (Å²) in [5.41, 5.74) is 7.19. The van der Waals surface area contributed by atoms with Crippen LogP contribution in [0.1, 0.15) is 35.4 Å². The lowest BCUT2D eigenvalue weighted by Gasteiger charge is -2.15. The van der Waals surface area contributed by atoms with Gasteiger partial charge in [-0.3, -0.25) is 0 Å². The monoisotopic (exact) mass is 403 g/mol. The van der Waals surface area contributed by atoms with Crippen molar-refractivity contribution in [2.75, 3.05) is 6.61 Å². The van der Waals surface area contributed by atoms with Crippen molar-refractivity contribution in [1.82, 2.24) is 5.48 Å². The molecule has 2 N–H and O–H groups in total. The number of benzene rings is 3. The zero-order valence-electron chi connectivity index (χ0n) is 16.4. The third-order valence-electron chi connectivity index (χ3n) is 5.33. The number of hydrogen-bond donors (Lipinski definition) is 2. The quantitative estimate of drug-likeness (QED) is 0.627. The lowest BCUT2D eigenvalue weighted by atomic mass is 9.98. The van der Waals surface area contributed by atoms with E-state index >= 15 is 0 Å². The Morgan fingerprint density at radius 2 is 1.50 bits per heavy atom. The van der Waals surface area contributed by atoms with Crippen LogP contribution in [-0.4, -0.2) is 23.8 Å². The SMILES string of the molecule is CC(C(=O)ONC(=O)OCC1c2ccccc2-c2ccccc21)c1ccc(O)cc1. The zero-order chi connectivity index (χ0) is 21.1. The summed E-state index contributed by atoms with van der Waals surface area (Å²) in [4.78, 5) is 29.1. The number of fused-ring (bicyclic) bond motifs is 3. The lowest BCUT2D eigenvalue weighted by Crippen LogP contribution is -2.30. The minimum atomic E-state index is -0.830. The standard InChI is InChI=1S/C24H21NO5/c1-15(16-10-12-17(26)13-11-16)23(27)30-25-24(28)29-14-22-20-8-4-2-6-18(20)19-7-3-5-9-21(19)22/h2-13,15,22,26H,14H2,1H3,(H,25,28). The number of ether oxygens (including phenoxy) is 1. The van der Waals surface area contributed by atoms with Crippen molar-refractivity contribution < 1.29 is 24.3 Å². The molecular formula is C24H21NO5. The number of amides is 1. The Morgan fingerprint density at radius 1 is 0.933 bits per heavy atom. The van der Waals surface area contributed by atoms with Crippen LogP contribution in [0.25, 0.3) is 11.1 Å². The van der Waals surface area contributed by atoms with E-state index in [0.29, 0.717) is 5.56 Å². The van der Waals surface area contributed by atoms with Gasteiger partial charge in [-0.1, -0.05) is 60.7 Å². The maximum atomic E-state index is 12.2. The molecule has 0 radical (unpaired) electrons. The van der Waals surface area contributed by atoms with E-state index in [-0.39, 0.29) is 18.3 Å². The Labute approximate surface area is 174 Å². The van der Waals surface area contributed by atoms with Gasteiger partial charge in [-0.05, 0) is 46.9 Å². The van der Waals surface area contributed by atoms with Crippen LogP contribution in [0.5, 0.6) is 5.75 Å². The van der Waals surface area contributed by atoms with E-state index in [4.69, 9.17) is 9.57 Å². The highest BCUT2D eigenvalue weighted by Gasteiger charge is 2.29. The number of phenolic OH excluding ortho intramolecular Hbond substituents is 1. The van der Waals surface area contributed by atoms with Crippen LogP contribution in [0.15, 0.2) is 72.8 Å². The van der Waals surface area contributed by atoms with Crippen molar-refractivity contribution in [3.05, 3.63) is 89.5 Å². The fourth-order valence-corrected chi connectivity index (χ4v) is 3.71. The number of rotatable bonds is 4. The van der Waals surface area contributed by atoms with Crippen LogP contribution >= 0.6 is 0 Å². The molecule has 1 unspecified atom stereocenters. The van der Waals surface area contributed by atoms with Gasteiger partial charge >= 0.3 is 12.1 Å². The Balaban J connectivity index is 1.34. The predicted molar refractivity (Wildman–Crippen MR) is 111 cm³/mol. The number of aromatic hydroxyl groups is 1. The summed E-state index contributed by atoms with van der Waals surface area (Å²) in [6.07, 6.45) is -0.830. The van der Waals surface area contributed by atoms with Gasteiger partial charge < -0.3 is 14.7 Å². The molecule has 3 aromatic carbocycles. The second-order valence-electron chi connectivity index (χ2n) is 7.16. The third kappa shape index (κ3) is 3.85. The number of nitrogens with one attached hydrogen (secondary N) is 1. The smallest absolute Gasteiger partial charge is 0.440 e. The summed E-state index contributed by atoms with van der Waals surface area (Å²) in [7, 11) is 0. The Bertz CT molecular complexity index is 1030. The molecule has 0 spiro atoms. The molecule has 0 bridgehead atoms. The lowest BCUT2D eigenvalue weighted by molar-refractivity contribution is -0.151. The summed E-state index contributed by atoms with van der Waals surface area (Å²) >= 11 is 0. The van der Waals surface area contributed by atoms with E-state index in [2.05, 4.69) is 17.6 Å². The summed E-state index contributed by atoms with van der Waals surface area (Å²) in [6, 6.07) is 22.3. The van der Waals surface area contributed by atoms with Crippen LogP contribution in [0.2, 0.25) is 0 Å². The van der Waals surface area contributed by atoms with Crippen molar-refractivity contribution in [2.45, 2.75) is 18.8 Å². The highest BCUT2D eigenvalue weighted by Crippen LogP contribution is 2.44. The molecule has 0 fully saturated rings. The molecule has 0 aliphatic heterocycles. The second-order valence-corrected chi connectivity index (χ2v) is 7.16. The summed E-state index contributed by atoms with van der Waals surface area (Å²) < 4.78 is 5.33. The molecule has 3 aromatic rings. The first kappa shape index (κ1) is 19.5. The molecule has 152 valence electrons. The molecule has 4 rings (SSSR count). The maximum Gasteiger partial charge on any atom is 0.440 e. The minimum Gasteiger partial charge on any atom is -0.508 e. The van der Waals surface area contributed by atoms with Gasteiger partial charge in [0.05, 0.1) is 5.92 Å². The van der Waals surface area contributed by atoms with Gasteiger partial charge in [-0.25, -0.2) is 9.59 Å². The van der Waals surface area contributed by atoms with E-state index in [0.717, 1.165) is 22.3 Å². The van der Waals surface area contributed by atoms with E-state index in [9.17, 15) is 14.7 Å². The Hall–Kier alpha value is -3.80. The molecule has 30 heavy (non-hydrogen) atoms. The molecular weight excluding hydrogens is 382 g/mol. The number of phenols is 1. The van der Waals surface area contributed by atoms with Crippen LogP contribution in [-0.2, 0) is 14.4 Å². The van der Waals surface area contributed by atoms with E-state index in [1.165, 1.54) is 12.1 Å². The fourth-order valence-electron chi connectivity index (χ4n) is 3.71. The molecule has 0 saturated heterocycles.